The van der Waals surface area contributed by atoms with E-state index >= 15 is 0 Å². The lowest BCUT2D eigenvalue weighted by atomic mass is 10.2. The Bertz CT molecular complexity index is 307. The maximum Gasteiger partial charge on any atom is 0.150 e. The molecule has 1 aromatic heterocycles. The van der Waals surface area contributed by atoms with Gasteiger partial charge < -0.3 is 0 Å². The zero-order valence-electron chi connectivity index (χ0n) is 6.78. The molecule has 0 aliphatic rings. The summed E-state index contributed by atoms with van der Waals surface area (Å²) in [5.41, 5.74) is 1.20. The second-order valence-electron chi connectivity index (χ2n) is 2.58. The number of carbonyl (C=O) groups excluding carboxylic acids is 2. The smallest absolute Gasteiger partial charge is 0.150 e. The molecule has 3 nitrogen and oxygen atoms in total. The Morgan fingerprint density at radius 1 is 1.67 bits per heavy atom. The largest absolute Gasteiger partial charge is 0.300 e. The summed E-state index contributed by atoms with van der Waals surface area (Å²) in [6.45, 7) is 1.50. The van der Waals surface area contributed by atoms with E-state index in [1.54, 1.807) is 12.1 Å². The zero-order chi connectivity index (χ0) is 8.97. The molecule has 12 heavy (non-hydrogen) atoms. The number of hydrogen-bond acceptors (Lipinski definition) is 3. The fourth-order valence-corrected chi connectivity index (χ4v) is 0.922. The first-order chi connectivity index (χ1) is 5.72. The lowest BCUT2D eigenvalue weighted by molar-refractivity contribution is -0.116. The van der Waals surface area contributed by atoms with Crippen LogP contribution in [-0.2, 0) is 11.2 Å². The lowest BCUT2D eigenvalue weighted by Gasteiger charge is -1.96. The Labute approximate surface area is 70.4 Å². The summed E-state index contributed by atoms with van der Waals surface area (Å²) in [7, 11) is 0. The summed E-state index contributed by atoms with van der Waals surface area (Å²) in [5, 5.41) is 0. The van der Waals surface area contributed by atoms with Crippen LogP contribution in [0.5, 0.6) is 0 Å². The fourth-order valence-electron chi connectivity index (χ4n) is 0.922. The van der Waals surface area contributed by atoms with Gasteiger partial charge in [-0.15, -0.1) is 0 Å². The molecule has 3 heteroatoms. The minimum atomic E-state index is 0.0468. The third kappa shape index (κ3) is 2.27. The van der Waals surface area contributed by atoms with Gasteiger partial charge in [0.2, 0.25) is 0 Å². The first kappa shape index (κ1) is 8.59. The molecule has 1 aromatic rings. The fraction of sp³-hybridized carbons (Fsp3) is 0.222. The number of ketones is 1. The number of aldehydes is 1. The van der Waals surface area contributed by atoms with Crippen molar-refractivity contribution in [1.29, 1.82) is 0 Å². The number of aromatic nitrogens is 1. The molecule has 0 amide bonds. The average molecular weight is 163 g/mol. The Kier molecular flexibility index (Phi) is 2.69. The van der Waals surface area contributed by atoms with Crippen molar-refractivity contribution >= 4 is 12.1 Å². The lowest BCUT2D eigenvalue weighted by Crippen LogP contribution is -1.99. The van der Waals surface area contributed by atoms with E-state index in [0.29, 0.717) is 17.7 Å². The Morgan fingerprint density at radius 3 is 3.00 bits per heavy atom. The maximum absolute atomic E-state index is 10.7. The van der Waals surface area contributed by atoms with Gasteiger partial charge in [0.25, 0.3) is 0 Å². The van der Waals surface area contributed by atoms with Crippen molar-refractivity contribution in [2.24, 2.45) is 0 Å². The molecule has 62 valence electrons. The summed E-state index contributed by atoms with van der Waals surface area (Å²) in [5.74, 6) is 0.0468. The highest BCUT2D eigenvalue weighted by atomic mass is 16.1. The van der Waals surface area contributed by atoms with Crippen LogP contribution in [0, 0.1) is 0 Å². The molecule has 0 N–H and O–H groups in total. The first-order valence-corrected chi connectivity index (χ1v) is 3.62. The summed E-state index contributed by atoms with van der Waals surface area (Å²) in [4.78, 5) is 25.0. The second kappa shape index (κ2) is 3.76. The molecule has 0 aliphatic heterocycles. The molecule has 0 saturated carbocycles. The van der Waals surface area contributed by atoms with E-state index < -0.39 is 0 Å². The summed E-state index contributed by atoms with van der Waals surface area (Å²) in [6.07, 6.45) is 2.56. The molecule has 0 bridgehead atoms. The van der Waals surface area contributed by atoms with Crippen LogP contribution < -0.4 is 0 Å². The van der Waals surface area contributed by atoms with Crippen LogP contribution in [0.25, 0.3) is 0 Å². The Balaban J connectivity index is 2.86. The maximum atomic E-state index is 10.7. The SMILES string of the molecule is CC(=O)Cc1cc(C=O)ccn1. The molecule has 0 aliphatic carbocycles. The molecule has 0 spiro atoms. The molecule has 0 radical (unpaired) electrons. The zero-order valence-corrected chi connectivity index (χ0v) is 6.78. The second-order valence-corrected chi connectivity index (χ2v) is 2.58. The van der Waals surface area contributed by atoms with Crippen LogP contribution in [0.4, 0.5) is 0 Å². The van der Waals surface area contributed by atoms with E-state index in [0.717, 1.165) is 6.29 Å². The van der Waals surface area contributed by atoms with Gasteiger partial charge in [-0.2, -0.15) is 0 Å². The monoisotopic (exact) mass is 163 g/mol. The van der Waals surface area contributed by atoms with Crippen molar-refractivity contribution in [1.82, 2.24) is 4.98 Å². The predicted octanol–water partition coefficient (Wildman–Crippen LogP) is 1.03. The molecule has 0 fully saturated rings. The van der Waals surface area contributed by atoms with Crippen molar-refractivity contribution in [3.8, 4) is 0 Å². The average Bonchev–Trinajstić information content (AvgIpc) is 2.03. The summed E-state index contributed by atoms with van der Waals surface area (Å²) in [6, 6.07) is 3.23. The van der Waals surface area contributed by atoms with Gasteiger partial charge >= 0.3 is 0 Å². The van der Waals surface area contributed by atoms with E-state index in [4.69, 9.17) is 0 Å². The van der Waals surface area contributed by atoms with Gasteiger partial charge in [-0.1, -0.05) is 0 Å². The molecular formula is C9H9NO2. The molecule has 0 atom stereocenters. The minimum Gasteiger partial charge on any atom is -0.300 e. The predicted molar refractivity (Wildman–Crippen MR) is 44.0 cm³/mol. The van der Waals surface area contributed by atoms with Crippen LogP contribution in [0.1, 0.15) is 23.0 Å². The van der Waals surface area contributed by atoms with E-state index in [-0.39, 0.29) is 5.78 Å². The van der Waals surface area contributed by atoms with Gasteiger partial charge in [-0.05, 0) is 19.1 Å². The van der Waals surface area contributed by atoms with Crippen molar-refractivity contribution in [3.05, 3.63) is 29.6 Å². The van der Waals surface area contributed by atoms with Gasteiger partial charge in [-0.3, -0.25) is 14.6 Å². The first-order valence-electron chi connectivity index (χ1n) is 3.62. The third-order valence-electron chi connectivity index (χ3n) is 1.41. The van der Waals surface area contributed by atoms with Crippen LogP contribution >= 0.6 is 0 Å². The quantitative estimate of drug-likeness (QED) is 0.625. The number of nitrogens with zero attached hydrogens (tertiary/aromatic N) is 1. The normalized spacial score (nSPS) is 9.42. The van der Waals surface area contributed by atoms with Crippen molar-refractivity contribution in [3.63, 3.8) is 0 Å². The number of hydrogen-bond donors (Lipinski definition) is 0. The van der Waals surface area contributed by atoms with E-state index in [1.807, 2.05) is 0 Å². The molecule has 1 rings (SSSR count). The van der Waals surface area contributed by atoms with Gasteiger partial charge in [0.15, 0.2) is 0 Å². The molecule has 0 aromatic carbocycles. The van der Waals surface area contributed by atoms with Crippen molar-refractivity contribution < 1.29 is 9.59 Å². The van der Waals surface area contributed by atoms with Gasteiger partial charge in [-0.25, -0.2) is 0 Å². The van der Waals surface area contributed by atoms with E-state index in [9.17, 15) is 9.59 Å². The summed E-state index contributed by atoms with van der Waals surface area (Å²) >= 11 is 0. The van der Waals surface area contributed by atoms with Gasteiger partial charge in [0.1, 0.15) is 12.1 Å². The van der Waals surface area contributed by atoms with Crippen LogP contribution in [-0.4, -0.2) is 17.1 Å². The highest BCUT2D eigenvalue weighted by Crippen LogP contribution is 2.00. The van der Waals surface area contributed by atoms with Crippen LogP contribution in [0.15, 0.2) is 18.3 Å². The van der Waals surface area contributed by atoms with Gasteiger partial charge in [0, 0.05) is 23.9 Å². The molecular weight excluding hydrogens is 154 g/mol. The number of Topliss-reactive ketones (excluding diaryl/α,β-unsaturated/α-hetero) is 1. The molecule has 1 heterocycles. The molecule has 0 unspecified atom stereocenters. The third-order valence-corrected chi connectivity index (χ3v) is 1.41. The Hall–Kier alpha value is -1.51. The van der Waals surface area contributed by atoms with Gasteiger partial charge in [0.05, 0.1) is 0 Å². The topological polar surface area (TPSA) is 47.0 Å². The highest BCUT2D eigenvalue weighted by molar-refractivity contribution is 5.79. The van der Waals surface area contributed by atoms with E-state index in [2.05, 4.69) is 4.98 Å². The minimum absolute atomic E-state index is 0.0468. The van der Waals surface area contributed by atoms with Crippen LogP contribution in [0.2, 0.25) is 0 Å². The molecule has 0 saturated heterocycles. The van der Waals surface area contributed by atoms with Crippen molar-refractivity contribution in [2.75, 3.05) is 0 Å². The van der Waals surface area contributed by atoms with Crippen LogP contribution in [0.3, 0.4) is 0 Å². The number of carbonyl (C=O) groups is 2. The Morgan fingerprint density at radius 2 is 2.42 bits per heavy atom. The highest BCUT2D eigenvalue weighted by Gasteiger charge is 1.99. The number of pyridine rings is 1. The van der Waals surface area contributed by atoms with Crippen molar-refractivity contribution in [2.45, 2.75) is 13.3 Å². The summed E-state index contributed by atoms with van der Waals surface area (Å²) < 4.78 is 0. The number of rotatable bonds is 3. The standard InChI is InChI=1S/C9H9NO2/c1-7(12)4-9-5-8(6-11)2-3-10-9/h2-3,5-6H,4H2,1H3. The van der Waals surface area contributed by atoms with E-state index in [1.165, 1.54) is 13.1 Å².